The molecule has 3 heterocycles. The van der Waals surface area contributed by atoms with Gasteiger partial charge in [0.15, 0.2) is 0 Å². The molecule has 0 amide bonds. The number of aliphatic hydroxyl groups is 1. The summed E-state index contributed by atoms with van der Waals surface area (Å²) in [6.07, 6.45) is 3.09. The van der Waals surface area contributed by atoms with Crippen LogP contribution in [0.5, 0.6) is 0 Å². The zero-order chi connectivity index (χ0) is 20.3. The lowest BCUT2D eigenvalue weighted by Crippen LogP contribution is -2.24. The van der Waals surface area contributed by atoms with Crippen molar-refractivity contribution < 1.29 is 14.0 Å². The molecule has 1 saturated carbocycles. The highest BCUT2D eigenvalue weighted by molar-refractivity contribution is 5.87. The van der Waals surface area contributed by atoms with E-state index < -0.39 is 17.0 Å². The van der Waals surface area contributed by atoms with Crippen molar-refractivity contribution in [2.45, 2.75) is 38.3 Å². The number of nitrogens with zero attached hydrogens (tertiary/aromatic N) is 6. The number of aryl methyl sites for hydroxylation is 1. The van der Waals surface area contributed by atoms with Crippen molar-refractivity contribution in [1.29, 1.82) is 5.26 Å². The Kier molecular flexibility index (Phi) is 3.60. The first-order chi connectivity index (χ1) is 14.0. The minimum Gasteiger partial charge on any atom is -0.380 e. The number of benzene rings is 1. The Bertz CT molecular complexity index is 1390. The maximum Gasteiger partial charge on any atom is 0.277 e. The summed E-state index contributed by atoms with van der Waals surface area (Å²) in [6, 6.07) is 4.55. The third-order valence-corrected chi connectivity index (χ3v) is 5.17. The average Bonchev–Trinajstić information content (AvgIpc) is 3.12. The monoisotopic (exact) mass is 394 g/mol. The summed E-state index contributed by atoms with van der Waals surface area (Å²) in [6.45, 7) is 2.18. The highest BCUT2D eigenvalue weighted by Crippen LogP contribution is 2.44. The molecule has 0 spiro atoms. The van der Waals surface area contributed by atoms with E-state index in [4.69, 9.17) is 4.52 Å². The molecule has 0 atom stereocenters. The Morgan fingerprint density at radius 2 is 2.17 bits per heavy atom. The van der Waals surface area contributed by atoms with Gasteiger partial charge < -0.3 is 14.2 Å². The van der Waals surface area contributed by atoms with Gasteiger partial charge in [0.2, 0.25) is 5.82 Å². The topological polar surface area (TPSA) is 122 Å². The first-order valence-electron chi connectivity index (χ1n) is 9.17. The van der Waals surface area contributed by atoms with Crippen LogP contribution in [0.3, 0.4) is 0 Å². The predicted octanol–water partition coefficient (Wildman–Crippen LogP) is 2.10. The summed E-state index contributed by atoms with van der Waals surface area (Å²) in [5.41, 5.74) is -0.658. The van der Waals surface area contributed by atoms with Crippen molar-refractivity contribution >= 4 is 16.6 Å². The molecule has 0 radical (unpaired) electrons. The van der Waals surface area contributed by atoms with E-state index in [1.807, 2.05) is 13.0 Å². The summed E-state index contributed by atoms with van der Waals surface area (Å²) in [5.74, 6) is -0.508. The van der Waals surface area contributed by atoms with Crippen molar-refractivity contribution in [2.24, 2.45) is 0 Å². The van der Waals surface area contributed by atoms with Crippen molar-refractivity contribution in [3.63, 3.8) is 0 Å². The smallest absolute Gasteiger partial charge is 0.277 e. The number of hydrogen-bond donors (Lipinski definition) is 1. The van der Waals surface area contributed by atoms with E-state index in [1.165, 1.54) is 27.4 Å². The number of rotatable bonds is 4. The normalized spacial score (nSPS) is 15.1. The van der Waals surface area contributed by atoms with Crippen LogP contribution >= 0.6 is 0 Å². The Labute approximate surface area is 162 Å². The third-order valence-electron chi connectivity index (χ3n) is 5.17. The molecule has 1 aliphatic carbocycles. The summed E-state index contributed by atoms with van der Waals surface area (Å²) in [4.78, 5) is 21.8. The Hall–Kier alpha value is -3.58. The number of halogens is 1. The summed E-state index contributed by atoms with van der Waals surface area (Å²) in [7, 11) is 0. The quantitative estimate of drug-likeness (QED) is 0.562. The largest absolute Gasteiger partial charge is 0.380 e. The van der Waals surface area contributed by atoms with Crippen LogP contribution in [0, 0.1) is 17.1 Å². The lowest BCUT2D eigenvalue weighted by atomic mass is 10.1. The van der Waals surface area contributed by atoms with Crippen LogP contribution in [0.15, 0.2) is 27.8 Å². The maximum atomic E-state index is 14.2. The zero-order valence-electron chi connectivity index (χ0n) is 15.4. The second kappa shape index (κ2) is 5.96. The van der Waals surface area contributed by atoms with Crippen LogP contribution in [0.4, 0.5) is 4.39 Å². The van der Waals surface area contributed by atoms with E-state index in [1.54, 1.807) is 0 Å². The second-order valence-electron chi connectivity index (χ2n) is 7.13. The maximum absolute atomic E-state index is 14.2. The predicted molar refractivity (Wildman–Crippen MR) is 98.3 cm³/mol. The molecule has 0 aliphatic heterocycles. The SMILES string of the molecule is CCCn1c(=O)c2c(-c3noc(C4(O)CC4)n3)ncn2c2ccc(F)c(C#N)c21. The van der Waals surface area contributed by atoms with Gasteiger partial charge in [0.05, 0.1) is 11.0 Å². The molecule has 9 nitrogen and oxygen atoms in total. The molecule has 1 aromatic carbocycles. The fourth-order valence-corrected chi connectivity index (χ4v) is 3.54. The lowest BCUT2D eigenvalue weighted by molar-refractivity contribution is 0.108. The number of hydrogen-bond acceptors (Lipinski definition) is 7. The molecule has 1 N–H and O–H groups in total. The molecule has 1 fully saturated rings. The van der Waals surface area contributed by atoms with Crippen LogP contribution in [0.2, 0.25) is 0 Å². The Morgan fingerprint density at radius 1 is 1.38 bits per heavy atom. The standard InChI is InChI=1S/C19H15FN6O3/c1-2-7-25-14-10(8-21)11(20)3-4-12(14)26-9-22-13(15(26)17(25)27)16-23-18(29-24-16)19(28)5-6-19/h3-4,9,28H,2,5-7H2,1H3. The van der Waals surface area contributed by atoms with E-state index in [0.717, 1.165) is 0 Å². The number of imidazole rings is 1. The highest BCUT2D eigenvalue weighted by atomic mass is 19.1. The minimum absolute atomic E-state index is 0.0879. The van der Waals surface area contributed by atoms with Gasteiger partial charge in [0.1, 0.15) is 40.6 Å². The molecule has 10 heteroatoms. The highest BCUT2D eigenvalue weighted by Gasteiger charge is 2.48. The Balaban J connectivity index is 1.85. The molecule has 146 valence electrons. The van der Waals surface area contributed by atoms with Crippen LogP contribution in [-0.4, -0.2) is 29.2 Å². The molecule has 29 heavy (non-hydrogen) atoms. The van der Waals surface area contributed by atoms with E-state index >= 15 is 0 Å². The van der Waals surface area contributed by atoms with Gasteiger partial charge in [-0.25, -0.2) is 9.37 Å². The van der Waals surface area contributed by atoms with Gasteiger partial charge in [-0.05, 0) is 31.4 Å². The van der Waals surface area contributed by atoms with Gasteiger partial charge in [0, 0.05) is 6.54 Å². The third kappa shape index (κ3) is 2.41. The molecule has 3 aromatic heterocycles. The van der Waals surface area contributed by atoms with Crippen molar-refractivity contribution in [2.75, 3.05) is 0 Å². The van der Waals surface area contributed by atoms with Crippen LogP contribution < -0.4 is 5.56 Å². The van der Waals surface area contributed by atoms with E-state index in [0.29, 0.717) is 31.3 Å². The second-order valence-corrected chi connectivity index (χ2v) is 7.13. The average molecular weight is 394 g/mol. The summed E-state index contributed by atoms with van der Waals surface area (Å²) in [5, 5.41) is 23.5. The molecular weight excluding hydrogens is 379 g/mol. The van der Waals surface area contributed by atoms with Gasteiger partial charge >= 0.3 is 0 Å². The minimum atomic E-state index is -1.10. The Morgan fingerprint density at radius 3 is 2.86 bits per heavy atom. The van der Waals surface area contributed by atoms with Crippen molar-refractivity contribution in [3.05, 3.63) is 46.1 Å². The molecule has 0 bridgehead atoms. The number of aromatic nitrogens is 5. The van der Waals surface area contributed by atoms with Gasteiger partial charge in [0.25, 0.3) is 11.4 Å². The van der Waals surface area contributed by atoms with Gasteiger partial charge in [-0.1, -0.05) is 12.1 Å². The summed E-state index contributed by atoms with van der Waals surface area (Å²) < 4.78 is 22.3. The fraction of sp³-hybridized carbons (Fsp3) is 0.316. The first-order valence-corrected chi connectivity index (χ1v) is 9.17. The van der Waals surface area contributed by atoms with E-state index in [-0.39, 0.29) is 34.0 Å². The molecular formula is C19H15FN6O3. The summed E-state index contributed by atoms with van der Waals surface area (Å²) >= 11 is 0. The van der Waals surface area contributed by atoms with Crippen LogP contribution in [-0.2, 0) is 12.1 Å². The number of fused-ring (bicyclic) bond motifs is 3. The van der Waals surface area contributed by atoms with Gasteiger partial charge in [-0.15, -0.1) is 0 Å². The molecule has 4 aromatic rings. The van der Waals surface area contributed by atoms with Crippen LogP contribution in [0.1, 0.15) is 37.6 Å². The molecule has 5 rings (SSSR count). The van der Waals surface area contributed by atoms with Gasteiger partial charge in [-0.2, -0.15) is 10.2 Å². The van der Waals surface area contributed by atoms with Crippen molar-refractivity contribution in [3.8, 4) is 17.6 Å². The van der Waals surface area contributed by atoms with Crippen molar-refractivity contribution in [1.82, 2.24) is 24.1 Å². The number of nitriles is 1. The molecule has 0 saturated heterocycles. The fourth-order valence-electron chi connectivity index (χ4n) is 3.54. The van der Waals surface area contributed by atoms with Gasteiger partial charge in [-0.3, -0.25) is 9.20 Å². The zero-order valence-corrected chi connectivity index (χ0v) is 15.4. The first kappa shape index (κ1) is 17.5. The van der Waals surface area contributed by atoms with E-state index in [9.17, 15) is 19.6 Å². The lowest BCUT2D eigenvalue weighted by Gasteiger charge is -2.13. The van der Waals surface area contributed by atoms with Crippen LogP contribution in [0.25, 0.3) is 28.1 Å². The van der Waals surface area contributed by atoms with E-state index in [2.05, 4.69) is 15.1 Å². The molecule has 0 unspecified atom stereocenters. The molecule has 1 aliphatic rings.